The summed E-state index contributed by atoms with van der Waals surface area (Å²) in [7, 11) is -4.46. The summed E-state index contributed by atoms with van der Waals surface area (Å²) in [6, 6.07) is 8.22. The van der Waals surface area contributed by atoms with E-state index in [1.165, 1.54) is 18.2 Å². The molecule has 11 heteroatoms. The van der Waals surface area contributed by atoms with Crippen LogP contribution in [0.5, 0.6) is 0 Å². The molecule has 0 atom stereocenters. The van der Waals surface area contributed by atoms with Crippen molar-refractivity contribution in [3.8, 4) is 0 Å². The van der Waals surface area contributed by atoms with Crippen LogP contribution in [0.2, 0.25) is 0 Å². The van der Waals surface area contributed by atoms with E-state index < -0.39 is 28.8 Å². The first-order valence-corrected chi connectivity index (χ1v) is 7.66. The molecule has 0 aliphatic heterocycles. The van der Waals surface area contributed by atoms with Gasteiger partial charge in [0, 0.05) is 11.8 Å². The number of hydrogen-bond acceptors (Lipinski definition) is 6. The Balaban J connectivity index is 2.42. The third-order valence-corrected chi connectivity index (χ3v) is 3.80. The standard InChI is InChI=1S/C12H10N3O7P/c16-14(17)9-4-5-11(12(7-9)15(18)19)13-8-2-1-3-10(6-8)23(20,21)22/h1-7,13H,(H2,20,21,22). The molecule has 2 aromatic carbocycles. The largest absolute Gasteiger partial charge is 0.356 e. The fourth-order valence-electron chi connectivity index (χ4n) is 1.81. The molecule has 0 unspecified atom stereocenters. The van der Waals surface area contributed by atoms with E-state index in [4.69, 9.17) is 9.79 Å². The average Bonchev–Trinajstić information content (AvgIpc) is 2.46. The van der Waals surface area contributed by atoms with E-state index in [1.807, 2.05) is 0 Å². The molecule has 0 aliphatic rings. The van der Waals surface area contributed by atoms with Crippen molar-refractivity contribution in [2.45, 2.75) is 0 Å². The number of nitro groups is 2. The van der Waals surface area contributed by atoms with Gasteiger partial charge in [-0.3, -0.25) is 24.8 Å². The second kappa shape index (κ2) is 6.13. The molecule has 2 rings (SSSR count). The third-order valence-electron chi connectivity index (χ3n) is 2.85. The maximum Gasteiger partial charge on any atom is 0.356 e. The maximum atomic E-state index is 11.2. The number of benzene rings is 2. The Morgan fingerprint density at radius 1 is 1.00 bits per heavy atom. The fraction of sp³-hybridized carbons (Fsp3) is 0. The molecular formula is C12H10N3O7P. The Labute approximate surface area is 128 Å². The Kier molecular flexibility index (Phi) is 4.41. The molecule has 0 saturated carbocycles. The van der Waals surface area contributed by atoms with Crippen molar-refractivity contribution >= 4 is 35.6 Å². The summed E-state index contributed by atoms with van der Waals surface area (Å²) in [6.45, 7) is 0. The Morgan fingerprint density at radius 2 is 1.70 bits per heavy atom. The van der Waals surface area contributed by atoms with Gasteiger partial charge in [0.15, 0.2) is 0 Å². The molecule has 2 aromatic rings. The minimum atomic E-state index is -4.46. The molecule has 0 bridgehead atoms. The molecule has 0 aliphatic carbocycles. The van der Waals surface area contributed by atoms with Crippen LogP contribution in [0.25, 0.3) is 0 Å². The second-order valence-electron chi connectivity index (χ2n) is 4.44. The van der Waals surface area contributed by atoms with Gasteiger partial charge in [0.25, 0.3) is 11.4 Å². The van der Waals surface area contributed by atoms with Crippen LogP contribution < -0.4 is 10.6 Å². The lowest BCUT2D eigenvalue weighted by atomic mass is 10.2. The van der Waals surface area contributed by atoms with E-state index in [0.29, 0.717) is 0 Å². The van der Waals surface area contributed by atoms with Gasteiger partial charge in [-0.15, -0.1) is 0 Å². The van der Waals surface area contributed by atoms with E-state index in [-0.39, 0.29) is 16.7 Å². The highest BCUT2D eigenvalue weighted by molar-refractivity contribution is 7.60. The highest BCUT2D eigenvalue weighted by atomic mass is 31.2. The molecule has 0 saturated heterocycles. The van der Waals surface area contributed by atoms with E-state index in [9.17, 15) is 24.8 Å². The number of nitrogens with zero attached hydrogens (tertiary/aromatic N) is 2. The van der Waals surface area contributed by atoms with Crippen LogP contribution in [0.3, 0.4) is 0 Å². The zero-order chi connectivity index (χ0) is 17.2. The van der Waals surface area contributed by atoms with Gasteiger partial charge in [0.2, 0.25) is 0 Å². The lowest BCUT2D eigenvalue weighted by Crippen LogP contribution is -2.05. The topological polar surface area (TPSA) is 156 Å². The van der Waals surface area contributed by atoms with Crippen LogP contribution in [-0.4, -0.2) is 19.6 Å². The Morgan fingerprint density at radius 3 is 2.26 bits per heavy atom. The summed E-state index contributed by atoms with van der Waals surface area (Å²) in [5.41, 5.74) is -0.807. The molecule has 23 heavy (non-hydrogen) atoms. The summed E-state index contributed by atoms with van der Waals surface area (Å²) in [4.78, 5) is 38.4. The molecule has 10 nitrogen and oxygen atoms in total. The quantitative estimate of drug-likeness (QED) is 0.424. The predicted molar refractivity (Wildman–Crippen MR) is 81.2 cm³/mol. The van der Waals surface area contributed by atoms with E-state index in [1.54, 1.807) is 0 Å². The van der Waals surface area contributed by atoms with Crippen LogP contribution in [0.15, 0.2) is 42.5 Å². The van der Waals surface area contributed by atoms with Gasteiger partial charge in [0.05, 0.1) is 21.2 Å². The van der Waals surface area contributed by atoms with Crippen molar-refractivity contribution in [2.75, 3.05) is 5.32 Å². The normalized spacial score (nSPS) is 11.0. The number of anilines is 2. The van der Waals surface area contributed by atoms with Crippen LogP contribution in [-0.2, 0) is 4.57 Å². The monoisotopic (exact) mass is 339 g/mol. The minimum Gasteiger partial charge on any atom is -0.350 e. The zero-order valence-corrected chi connectivity index (χ0v) is 12.2. The number of hydrogen-bond donors (Lipinski definition) is 3. The van der Waals surface area contributed by atoms with E-state index in [0.717, 1.165) is 24.3 Å². The second-order valence-corrected chi connectivity index (χ2v) is 6.04. The van der Waals surface area contributed by atoms with E-state index >= 15 is 0 Å². The zero-order valence-electron chi connectivity index (χ0n) is 11.3. The predicted octanol–water partition coefficient (Wildman–Crippen LogP) is 2.05. The number of rotatable bonds is 5. The molecular weight excluding hydrogens is 329 g/mol. The summed E-state index contributed by atoms with van der Waals surface area (Å²) < 4.78 is 11.2. The van der Waals surface area contributed by atoms with Gasteiger partial charge >= 0.3 is 7.60 Å². The first kappa shape index (κ1) is 16.6. The third kappa shape index (κ3) is 3.89. The van der Waals surface area contributed by atoms with Gasteiger partial charge in [-0.2, -0.15) is 0 Å². The first-order chi connectivity index (χ1) is 10.7. The van der Waals surface area contributed by atoms with Crippen molar-refractivity contribution < 1.29 is 24.2 Å². The molecule has 0 spiro atoms. The molecule has 0 heterocycles. The molecule has 0 amide bonds. The molecule has 0 radical (unpaired) electrons. The van der Waals surface area contributed by atoms with Crippen LogP contribution in [0.4, 0.5) is 22.7 Å². The lowest BCUT2D eigenvalue weighted by molar-refractivity contribution is -0.393. The molecule has 0 fully saturated rings. The summed E-state index contributed by atoms with van der Waals surface area (Å²) >= 11 is 0. The highest BCUT2D eigenvalue weighted by Gasteiger charge is 2.21. The minimum absolute atomic E-state index is 0.0385. The van der Waals surface area contributed by atoms with Gasteiger partial charge in [-0.05, 0) is 24.3 Å². The van der Waals surface area contributed by atoms with Gasteiger partial charge in [-0.1, -0.05) is 6.07 Å². The van der Waals surface area contributed by atoms with Crippen LogP contribution in [0.1, 0.15) is 0 Å². The van der Waals surface area contributed by atoms with Gasteiger partial charge < -0.3 is 15.1 Å². The Bertz CT molecular complexity index is 833. The van der Waals surface area contributed by atoms with E-state index in [2.05, 4.69) is 5.32 Å². The molecule has 0 aromatic heterocycles. The first-order valence-electron chi connectivity index (χ1n) is 6.04. The van der Waals surface area contributed by atoms with Crippen molar-refractivity contribution in [1.82, 2.24) is 0 Å². The molecule has 120 valence electrons. The maximum absolute atomic E-state index is 11.2. The van der Waals surface area contributed by atoms with Crippen molar-refractivity contribution in [3.05, 3.63) is 62.7 Å². The van der Waals surface area contributed by atoms with Crippen LogP contribution >= 0.6 is 7.60 Å². The van der Waals surface area contributed by atoms with Crippen LogP contribution in [0, 0.1) is 20.2 Å². The summed E-state index contributed by atoms with van der Waals surface area (Å²) in [5.74, 6) is 0. The number of nitro benzene ring substituents is 2. The van der Waals surface area contributed by atoms with Crippen molar-refractivity contribution in [1.29, 1.82) is 0 Å². The molecule has 3 N–H and O–H groups in total. The number of nitrogens with one attached hydrogen (secondary N) is 1. The highest BCUT2D eigenvalue weighted by Crippen LogP contribution is 2.35. The van der Waals surface area contributed by atoms with Crippen molar-refractivity contribution in [3.63, 3.8) is 0 Å². The average molecular weight is 339 g/mol. The summed E-state index contributed by atoms with van der Waals surface area (Å²) in [5, 5.41) is 24.1. The summed E-state index contributed by atoms with van der Waals surface area (Å²) in [6.07, 6.45) is 0. The van der Waals surface area contributed by atoms with Gasteiger partial charge in [-0.25, -0.2) is 0 Å². The Hall–Kier alpha value is -2.81. The van der Waals surface area contributed by atoms with Gasteiger partial charge in [0.1, 0.15) is 5.69 Å². The smallest absolute Gasteiger partial charge is 0.350 e. The number of non-ortho nitro benzene ring substituents is 1. The lowest BCUT2D eigenvalue weighted by Gasteiger charge is -2.09. The van der Waals surface area contributed by atoms with Crippen molar-refractivity contribution in [2.24, 2.45) is 0 Å². The SMILES string of the molecule is O=[N+]([O-])c1ccc(Nc2cccc(P(=O)(O)O)c2)c([N+](=O)[O-])c1. The fourth-order valence-corrected chi connectivity index (χ4v) is 2.40.